The molecule has 5 nitrogen and oxygen atoms in total. The summed E-state index contributed by atoms with van der Waals surface area (Å²) in [6, 6.07) is 12.7. The molecule has 2 rings (SSSR count). The summed E-state index contributed by atoms with van der Waals surface area (Å²) in [4.78, 5) is 12.0. The first-order chi connectivity index (χ1) is 12.1. The van der Waals surface area contributed by atoms with Crippen LogP contribution in [0.5, 0.6) is 0 Å². The lowest BCUT2D eigenvalue weighted by molar-refractivity contribution is 0.0943. The summed E-state index contributed by atoms with van der Waals surface area (Å²) in [6.45, 7) is 7.97. The standard InChI is InChI=1S/C20H26N2O3S/c1-14(2)21-20(23)18-9-7-17(8-10-18)13-22(26(5,24)25)19-11-6-15(3)16(4)12-19/h6-12,14H,13H2,1-5H3,(H,21,23). The van der Waals surface area contributed by atoms with E-state index in [9.17, 15) is 13.2 Å². The first-order valence-corrected chi connectivity index (χ1v) is 10.4. The van der Waals surface area contributed by atoms with Gasteiger partial charge in [-0.1, -0.05) is 18.2 Å². The van der Waals surface area contributed by atoms with E-state index in [1.165, 1.54) is 10.6 Å². The van der Waals surface area contributed by atoms with Gasteiger partial charge in [-0.3, -0.25) is 9.10 Å². The van der Waals surface area contributed by atoms with Crippen LogP contribution in [0.25, 0.3) is 0 Å². The van der Waals surface area contributed by atoms with Gasteiger partial charge in [0.25, 0.3) is 5.91 Å². The topological polar surface area (TPSA) is 66.5 Å². The molecule has 0 aromatic heterocycles. The van der Waals surface area contributed by atoms with E-state index in [1.54, 1.807) is 24.3 Å². The average Bonchev–Trinajstić information content (AvgIpc) is 2.54. The molecule has 6 heteroatoms. The molecule has 0 atom stereocenters. The number of hydrogen-bond donors (Lipinski definition) is 1. The molecule has 0 bridgehead atoms. The van der Waals surface area contributed by atoms with Crippen molar-refractivity contribution in [3.05, 3.63) is 64.7 Å². The molecule has 0 radical (unpaired) electrons. The second-order valence-electron chi connectivity index (χ2n) is 6.86. The van der Waals surface area contributed by atoms with Crippen LogP contribution in [0.2, 0.25) is 0 Å². The number of rotatable bonds is 6. The van der Waals surface area contributed by atoms with E-state index >= 15 is 0 Å². The second-order valence-corrected chi connectivity index (χ2v) is 8.77. The zero-order chi connectivity index (χ0) is 19.5. The van der Waals surface area contributed by atoms with Crippen LogP contribution >= 0.6 is 0 Å². The highest BCUT2D eigenvalue weighted by molar-refractivity contribution is 7.92. The zero-order valence-electron chi connectivity index (χ0n) is 15.9. The van der Waals surface area contributed by atoms with Gasteiger partial charge in [-0.05, 0) is 68.7 Å². The summed E-state index contributed by atoms with van der Waals surface area (Å²) in [7, 11) is -3.43. The van der Waals surface area contributed by atoms with Crippen LogP contribution in [0.4, 0.5) is 5.69 Å². The Labute approximate surface area is 156 Å². The van der Waals surface area contributed by atoms with Gasteiger partial charge >= 0.3 is 0 Å². The Bertz CT molecular complexity index is 888. The van der Waals surface area contributed by atoms with Crippen LogP contribution in [0.15, 0.2) is 42.5 Å². The van der Waals surface area contributed by atoms with Gasteiger partial charge in [0, 0.05) is 11.6 Å². The van der Waals surface area contributed by atoms with Gasteiger partial charge in [-0.25, -0.2) is 8.42 Å². The lowest BCUT2D eigenvalue weighted by Gasteiger charge is -2.23. The molecule has 0 unspecified atom stereocenters. The molecular weight excluding hydrogens is 348 g/mol. The van der Waals surface area contributed by atoms with E-state index in [4.69, 9.17) is 0 Å². The highest BCUT2D eigenvalue weighted by Gasteiger charge is 2.18. The highest BCUT2D eigenvalue weighted by Crippen LogP contribution is 2.23. The Kier molecular flexibility index (Phi) is 6.08. The summed E-state index contributed by atoms with van der Waals surface area (Å²) in [6.07, 6.45) is 1.20. The van der Waals surface area contributed by atoms with E-state index in [2.05, 4.69) is 5.32 Å². The third-order valence-electron chi connectivity index (χ3n) is 4.14. The number of sulfonamides is 1. The molecule has 2 aromatic carbocycles. The van der Waals surface area contributed by atoms with Crippen LogP contribution in [-0.2, 0) is 16.6 Å². The van der Waals surface area contributed by atoms with Crippen molar-refractivity contribution in [2.45, 2.75) is 40.3 Å². The summed E-state index contributed by atoms with van der Waals surface area (Å²) >= 11 is 0. The maximum absolute atomic E-state index is 12.3. The minimum Gasteiger partial charge on any atom is -0.350 e. The summed E-state index contributed by atoms with van der Waals surface area (Å²) in [5.74, 6) is -0.138. The monoisotopic (exact) mass is 374 g/mol. The normalized spacial score (nSPS) is 11.5. The number of nitrogens with zero attached hydrogens (tertiary/aromatic N) is 1. The molecular formula is C20H26N2O3S. The molecule has 0 aliphatic rings. The Morgan fingerprint density at radius 1 is 1.04 bits per heavy atom. The third-order valence-corrected chi connectivity index (χ3v) is 5.28. The number of benzene rings is 2. The van der Waals surface area contributed by atoms with Crippen molar-refractivity contribution in [1.29, 1.82) is 0 Å². The second kappa shape index (κ2) is 7.91. The fraction of sp³-hybridized carbons (Fsp3) is 0.350. The van der Waals surface area contributed by atoms with E-state index < -0.39 is 10.0 Å². The first-order valence-electron chi connectivity index (χ1n) is 8.52. The fourth-order valence-corrected chi connectivity index (χ4v) is 3.43. The van der Waals surface area contributed by atoms with Crippen molar-refractivity contribution in [1.82, 2.24) is 5.32 Å². The fourth-order valence-electron chi connectivity index (χ4n) is 2.55. The van der Waals surface area contributed by atoms with Crippen molar-refractivity contribution in [2.75, 3.05) is 10.6 Å². The summed E-state index contributed by atoms with van der Waals surface area (Å²) < 4.78 is 26.0. The molecule has 0 heterocycles. The van der Waals surface area contributed by atoms with Crippen molar-refractivity contribution >= 4 is 21.6 Å². The summed E-state index contributed by atoms with van der Waals surface area (Å²) in [5, 5.41) is 2.84. The van der Waals surface area contributed by atoms with Crippen molar-refractivity contribution < 1.29 is 13.2 Å². The van der Waals surface area contributed by atoms with Gasteiger partial charge in [0.1, 0.15) is 0 Å². The van der Waals surface area contributed by atoms with Gasteiger partial charge in [0.15, 0.2) is 0 Å². The van der Waals surface area contributed by atoms with E-state index in [1.807, 2.05) is 45.9 Å². The van der Waals surface area contributed by atoms with Crippen LogP contribution in [0.1, 0.15) is 40.9 Å². The number of amides is 1. The predicted molar refractivity (Wildman–Crippen MR) is 106 cm³/mol. The molecule has 0 saturated heterocycles. The van der Waals surface area contributed by atoms with Crippen molar-refractivity contribution in [3.8, 4) is 0 Å². The average molecular weight is 375 g/mol. The number of carbonyl (C=O) groups excluding carboxylic acids is 1. The Hall–Kier alpha value is -2.34. The molecule has 2 aromatic rings. The SMILES string of the molecule is Cc1ccc(N(Cc2ccc(C(=O)NC(C)C)cc2)S(C)(=O)=O)cc1C. The van der Waals surface area contributed by atoms with E-state index in [0.717, 1.165) is 16.7 Å². The molecule has 0 aliphatic carbocycles. The van der Waals surface area contributed by atoms with Crippen molar-refractivity contribution in [2.24, 2.45) is 0 Å². The molecule has 26 heavy (non-hydrogen) atoms. The molecule has 1 N–H and O–H groups in total. The number of anilines is 1. The minimum absolute atomic E-state index is 0.0627. The Morgan fingerprint density at radius 2 is 1.65 bits per heavy atom. The molecule has 0 saturated carbocycles. The van der Waals surface area contributed by atoms with Crippen LogP contribution in [-0.4, -0.2) is 26.6 Å². The van der Waals surface area contributed by atoms with E-state index in [0.29, 0.717) is 11.3 Å². The van der Waals surface area contributed by atoms with Gasteiger partial charge in [-0.15, -0.1) is 0 Å². The van der Waals surface area contributed by atoms with Gasteiger partial charge in [0.2, 0.25) is 10.0 Å². The predicted octanol–water partition coefficient (Wildman–Crippen LogP) is 3.41. The van der Waals surface area contributed by atoms with Gasteiger partial charge < -0.3 is 5.32 Å². The minimum atomic E-state index is -3.43. The number of nitrogens with one attached hydrogen (secondary N) is 1. The van der Waals surface area contributed by atoms with Crippen LogP contribution in [0.3, 0.4) is 0 Å². The molecule has 0 aliphatic heterocycles. The summed E-state index contributed by atoms with van der Waals surface area (Å²) in [5.41, 5.74) is 4.16. The maximum Gasteiger partial charge on any atom is 0.251 e. The highest BCUT2D eigenvalue weighted by atomic mass is 32.2. The molecule has 0 spiro atoms. The maximum atomic E-state index is 12.3. The van der Waals surface area contributed by atoms with Crippen molar-refractivity contribution in [3.63, 3.8) is 0 Å². The van der Waals surface area contributed by atoms with Crippen LogP contribution in [0, 0.1) is 13.8 Å². The number of aryl methyl sites for hydroxylation is 2. The molecule has 1 amide bonds. The first kappa shape index (κ1) is 20.0. The van der Waals surface area contributed by atoms with Crippen LogP contribution < -0.4 is 9.62 Å². The lowest BCUT2D eigenvalue weighted by Crippen LogP contribution is -2.30. The Balaban J connectivity index is 2.27. The largest absolute Gasteiger partial charge is 0.350 e. The van der Waals surface area contributed by atoms with E-state index in [-0.39, 0.29) is 18.5 Å². The lowest BCUT2D eigenvalue weighted by atomic mass is 10.1. The quantitative estimate of drug-likeness (QED) is 0.843. The van der Waals surface area contributed by atoms with Gasteiger partial charge in [-0.2, -0.15) is 0 Å². The zero-order valence-corrected chi connectivity index (χ0v) is 16.7. The van der Waals surface area contributed by atoms with Gasteiger partial charge in [0.05, 0.1) is 18.5 Å². The third kappa shape index (κ3) is 5.08. The number of hydrogen-bond acceptors (Lipinski definition) is 3. The number of carbonyl (C=O) groups is 1. The smallest absolute Gasteiger partial charge is 0.251 e. The Morgan fingerprint density at radius 3 is 2.15 bits per heavy atom. The molecule has 0 fully saturated rings. The molecule has 140 valence electrons.